The molecule has 1 aromatic carbocycles. The van der Waals surface area contributed by atoms with Gasteiger partial charge < -0.3 is 11.5 Å². The van der Waals surface area contributed by atoms with Crippen LogP contribution in [0.3, 0.4) is 0 Å². The van der Waals surface area contributed by atoms with Crippen LogP contribution < -0.4 is 11.5 Å². The summed E-state index contributed by atoms with van der Waals surface area (Å²) in [4.78, 5) is 15.2. The van der Waals surface area contributed by atoms with Crippen LogP contribution in [0, 0.1) is 0 Å². The van der Waals surface area contributed by atoms with Crippen LogP contribution in [-0.4, -0.2) is 20.3 Å². The zero-order chi connectivity index (χ0) is 14.2. The summed E-state index contributed by atoms with van der Waals surface area (Å²) in [5, 5.41) is 1.15. The Bertz CT molecular complexity index is 701. The molecule has 1 aromatic rings. The molecule has 0 saturated heterocycles. The Hall–Kier alpha value is -2.15. The average molecular weight is 279 g/mol. The number of fused-ring (bicyclic) bond motifs is 1. The fraction of sp³-hybridized carbons (Fsp3) is 0.167. The smallest absolute Gasteiger partial charge is 0.280 e. The molecule has 0 radical (unpaired) electrons. The van der Waals surface area contributed by atoms with Crippen LogP contribution in [0.4, 0.5) is 0 Å². The van der Waals surface area contributed by atoms with Gasteiger partial charge in [-0.15, -0.1) is 0 Å². The van der Waals surface area contributed by atoms with Crippen molar-refractivity contribution in [2.24, 2.45) is 16.5 Å². The second-order valence-electron chi connectivity index (χ2n) is 4.26. The van der Waals surface area contributed by atoms with Gasteiger partial charge in [0.15, 0.2) is 15.8 Å². The summed E-state index contributed by atoms with van der Waals surface area (Å²) in [7, 11) is -3.50. The van der Waals surface area contributed by atoms with Crippen LogP contribution in [0.15, 0.2) is 39.6 Å². The van der Waals surface area contributed by atoms with Gasteiger partial charge in [-0.1, -0.05) is 19.1 Å². The fourth-order valence-electron chi connectivity index (χ4n) is 1.87. The molecule has 1 aliphatic rings. The number of allylic oxidation sites excluding steroid dienone is 1. The third-order valence-electron chi connectivity index (χ3n) is 2.83. The van der Waals surface area contributed by atoms with Crippen molar-refractivity contribution in [2.45, 2.75) is 17.7 Å². The Morgan fingerprint density at radius 2 is 2.00 bits per heavy atom. The molecule has 0 bridgehead atoms. The van der Waals surface area contributed by atoms with E-state index in [1.54, 1.807) is 12.1 Å². The summed E-state index contributed by atoms with van der Waals surface area (Å²) in [5.41, 5.74) is 11.0. The van der Waals surface area contributed by atoms with E-state index in [0.29, 0.717) is 5.56 Å². The topological polar surface area (TPSA) is 116 Å². The fourth-order valence-corrected chi connectivity index (χ4v) is 3.33. The number of hydrogen-bond donors (Lipinski definition) is 2. The van der Waals surface area contributed by atoms with Gasteiger partial charge in [0.1, 0.15) is 0 Å². The monoisotopic (exact) mass is 279 g/mol. The maximum atomic E-state index is 11.9. The van der Waals surface area contributed by atoms with E-state index in [-0.39, 0.29) is 22.3 Å². The number of sulfone groups is 1. The summed E-state index contributed by atoms with van der Waals surface area (Å²) in [6.07, 6.45) is 1.61. The molecule has 1 aliphatic heterocycles. The largest absolute Gasteiger partial charge is 0.370 e. The number of hydrogen-bond acceptors (Lipinski definition) is 3. The second-order valence-corrected chi connectivity index (χ2v) is 6.06. The molecule has 2 rings (SSSR count). The summed E-state index contributed by atoms with van der Waals surface area (Å²) < 4.78 is 23.9. The lowest BCUT2D eigenvalue weighted by Crippen LogP contribution is -2.24. The van der Waals surface area contributed by atoms with Gasteiger partial charge in [0.25, 0.3) is 5.91 Å². The first-order valence-corrected chi connectivity index (χ1v) is 7.07. The molecule has 4 N–H and O–H groups in total. The third kappa shape index (κ3) is 2.50. The molecule has 19 heavy (non-hydrogen) atoms. The minimum absolute atomic E-state index is 0.0224. The molecule has 100 valence electrons. The van der Waals surface area contributed by atoms with Crippen molar-refractivity contribution in [3.63, 3.8) is 0 Å². The van der Waals surface area contributed by atoms with E-state index in [1.165, 1.54) is 12.1 Å². The maximum Gasteiger partial charge on any atom is 0.280 e. The van der Waals surface area contributed by atoms with Crippen molar-refractivity contribution >= 4 is 21.7 Å². The van der Waals surface area contributed by atoms with Crippen LogP contribution in [0.25, 0.3) is 0 Å². The first-order chi connectivity index (χ1) is 8.81. The zero-order valence-electron chi connectivity index (χ0n) is 10.2. The number of benzene rings is 1. The maximum absolute atomic E-state index is 11.9. The van der Waals surface area contributed by atoms with E-state index in [9.17, 15) is 13.2 Å². The van der Waals surface area contributed by atoms with Crippen LogP contribution >= 0.6 is 0 Å². The van der Waals surface area contributed by atoms with E-state index in [4.69, 9.17) is 11.5 Å². The number of rotatable bonds is 1. The van der Waals surface area contributed by atoms with Crippen LogP contribution in [0.2, 0.25) is 0 Å². The summed E-state index contributed by atoms with van der Waals surface area (Å²) >= 11 is 0. The molecule has 1 unspecified atom stereocenters. The van der Waals surface area contributed by atoms with E-state index >= 15 is 0 Å². The highest BCUT2D eigenvalue weighted by molar-refractivity contribution is 7.94. The minimum Gasteiger partial charge on any atom is -0.370 e. The number of nitrogens with zero attached hydrogens (tertiary/aromatic N) is 1. The molecule has 6 nitrogen and oxygen atoms in total. The standard InChI is InChI=1S/C12H13N3O3S/c1-7-4-5-19(17,18)10-6-8(2-3-9(7)10)11(16)15-12(13)14/h2-7H,1H3,(H4,13,14,15,16). The van der Waals surface area contributed by atoms with Gasteiger partial charge in [-0.3, -0.25) is 4.79 Å². The Labute approximate surface area is 110 Å². The third-order valence-corrected chi connectivity index (χ3v) is 4.32. The van der Waals surface area contributed by atoms with Crippen molar-refractivity contribution in [2.75, 3.05) is 0 Å². The molecule has 1 atom stereocenters. The lowest BCUT2D eigenvalue weighted by Gasteiger charge is -2.17. The van der Waals surface area contributed by atoms with E-state index in [1.807, 2.05) is 6.92 Å². The molecule has 0 spiro atoms. The first-order valence-electron chi connectivity index (χ1n) is 5.52. The normalized spacial score (nSPS) is 19.5. The number of aliphatic imine (C=N–C) groups is 1. The van der Waals surface area contributed by atoms with Gasteiger partial charge in [-0.25, -0.2) is 8.42 Å². The van der Waals surface area contributed by atoms with Gasteiger partial charge >= 0.3 is 0 Å². The molecule has 1 heterocycles. The number of nitrogens with two attached hydrogens (primary N) is 2. The van der Waals surface area contributed by atoms with E-state index in [2.05, 4.69) is 4.99 Å². The highest BCUT2D eigenvalue weighted by Crippen LogP contribution is 2.32. The van der Waals surface area contributed by atoms with Crippen LogP contribution in [-0.2, 0) is 9.84 Å². The number of amides is 1. The minimum atomic E-state index is -3.50. The lowest BCUT2D eigenvalue weighted by atomic mass is 9.99. The SMILES string of the molecule is CC1C=CS(=O)(=O)c2cc(C(=O)N=C(N)N)ccc21. The average Bonchev–Trinajstić information content (AvgIpc) is 2.33. The Morgan fingerprint density at radius 1 is 1.32 bits per heavy atom. The molecular formula is C12H13N3O3S. The van der Waals surface area contributed by atoms with Crippen molar-refractivity contribution in [3.05, 3.63) is 40.8 Å². The summed E-state index contributed by atoms with van der Waals surface area (Å²) in [6, 6.07) is 4.43. The lowest BCUT2D eigenvalue weighted by molar-refractivity contribution is 0.100. The summed E-state index contributed by atoms with van der Waals surface area (Å²) in [6.45, 7) is 1.88. The number of carbonyl (C=O) groups excluding carboxylic acids is 1. The highest BCUT2D eigenvalue weighted by atomic mass is 32.2. The Morgan fingerprint density at radius 3 is 2.63 bits per heavy atom. The number of carbonyl (C=O) groups is 1. The molecule has 0 saturated carbocycles. The van der Waals surface area contributed by atoms with Gasteiger partial charge in [0.05, 0.1) is 4.90 Å². The van der Waals surface area contributed by atoms with Crippen molar-refractivity contribution < 1.29 is 13.2 Å². The first kappa shape index (κ1) is 13.3. The molecule has 1 amide bonds. The van der Waals surface area contributed by atoms with Crippen LogP contribution in [0.5, 0.6) is 0 Å². The van der Waals surface area contributed by atoms with Crippen molar-refractivity contribution in [1.82, 2.24) is 0 Å². The molecule has 0 aliphatic carbocycles. The number of guanidine groups is 1. The van der Waals surface area contributed by atoms with Crippen molar-refractivity contribution in [1.29, 1.82) is 0 Å². The Balaban J connectivity index is 2.57. The van der Waals surface area contributed by atoms with Gasteiger partial charge in [-0.2, -0.15) is 4.99 Å². The molecule has 0 aromatic heterocycles. The Kier molecular flexibility index (Phi) is 3.15. The zero-order valence-corrected chi connectivity index (χ0v) is 11.0. The van der Waals surface area contributed by atoms with Crippen LogP contribution in [0.1, 0.15) is 28.8 Å². The van der Waals surface area contributed by atoms with E-state index in [0.717, 1.165) is 5.41 Å². The molecular weight excluding hydrogens is 266 g/mol. The molecule has 0 fully saturated rings. The quantitative estimate of drug-likeness (QED) is 0.574. The predicted molar refractivity (Wildman–Crippen MR) is 71.3 cm³/mol. The van der Waals surface area contributed by atoms with E-state index < -0.39 is 15.7 Å². The van der Waals surface area contributed by atoms with Gasteiger partial charge in [0.2, 0.25) is 0 Å². The van der Waals surface area contributed by atoms with Crippen molar-refractivity contribution in [3.8, 4) is 0 Å². The predicted octanol–water partition coefficient (Wildman–Crippen LogP) is 0.505. The van der Waals surface area contributed by atoms with Gasteiger partial charge in [0, 0.05) is 16.9 Å². The van der Waals surface area contributed by atoms with Gasteiger partial charge in [-0.05, 0) is 17.7 Å². The summed E-state index contributed by atoms with van der Waals surface area (Å²) in [5.74, 6) is -1.05. The molecule has 7 heteroatoms. The second kappa shape index (κ2) is 4.51. The highest BCUT2D eigenvalue weighted by Gasteiger charge is 2.24.